The molecule has 0 saturated carbocycles. The Bertz CT molecular complexity index is 551. The SMILES string of the molecule is CC(C)(C)CC(=O)N1CCC[C@@H](NC(=O)OCc2ccccc2)C1. The molecular weight excluding hydrogens is 304 g/mol. The molecule has 1 aliphatic rings. The maximum Gasteiger partial charge on any atom is 0.407 e. The summed E-state index contributed by atoms with van der Waals surface area (Å²) in [5.74, 6) is 0.159. The second-order valence-electron chi connectivity index (χ2n) is 7.62. The summed E-state index contributed by atoms with van der Waals surface area (Å²) in [5, 5.41) is 2.88. The van der Waals surface area contributed by atoms with Gasteiger partial charge >= 0.3 is 6.09 Å². The maximum absolute atomic E-state index is 12.3. The molecule has 5 heteroatoms. The van der Waals surface area contributed by atoms with Gasteiger partial charge in [0.15, 0.2) is 0 Å². The minimum atomic E-state index is -0.422. The van der Waals surface area contributed by atoms with Gasteiger partial charge in [-0.2, -0.15) is 0 Å². The van der Waals surface area contributed by atoms with E-state index in [1.54, 1.807) is 0 Å². The standard InChI is InChI=1S/C19H28N2O3/c1-19(2,3)12-17(22)21-11-7-10-16(13-21)20-18(23)24-14-15-8-5-4-6-9-15/h4-6,8-9,16H,7,10-14H2,1-3H3,(H,20,23)/t16-/m1/s1. The van der Waals surface area contributed by atoms with E-state index in [2.05, 4.69) is 26.1 Å². The van der Waals surface area contributed by atoms with Crippen LogP contribution in [-0.2, 0) is 16.1 Å². The topological polar surface area (TPSA) is 58.6 Å². The molecule has 1 aliphatic heterocycles. The van der Waals surface area contributed by atoms with Gasteiger partial charge in [-0.3, -0.25) is 4.79 Å². The molecule has 0 spiro atoms. The second-order valence-corrected chi connectivity index (χ2v) is 7.62. The number of amides is 2. The van der Waals surface area contributed by atoms with Crippen LogP contribution in [-0.4, -0.2) is 36.0 Å². The molecule has 1 saturated heterocycles. The Kier molecular flexibility index (Phi) is 6.23. The number of carbonyl (C=O) groups excluding carboxylic acids is 2. The Morgan fingerprint density at radius 3 is 2.62 bits per heavy atom. The summed E-state index contributed by atoms with van der Waals surface area (Å²) in [6.07, 6.45) is 1.88. The fourth-order valence-corrected chi connectivity index (χ4v) is 2.82. The van der Waals surface area contributed by atoms with E-state index in [9.17, 15) is 9.59 Å². The normalized spacial score (nSPS) is 18.1. The van der Waals surface area contributed by atoms with E-state index in [1.807, 2.05) is 35.2 Å². The van der Waals surface area contributed by atoms with Crippen LogP contribution in [0.1, 0.15) is 45.6 Å². The van der Waals surface area contributed by atoms with Crippen LogP contribution in [0.5, 0.6) is 0 Å². The first-order valence-electron chi connectivity index (χ1n) is 8.58. The Morgan fingerprint density at radius 2 is 1.96 bits per heavy atom. The van der Waals surface area contributed by atoms with E-state index >= 15 is 0 Å². The monoisotopic (exact) mass is 332 g/mol. The predicted octanol–water partition coefficient (Wildman–Crippen LogP) is 3.34. The van der Waals surface area contributed by atoms with Crippen LogP contribution in [0.25, 0.3) is 0 Å². The van der Waals surface area contributed by atoms with Crippen molar-refractivity contribution in [1.82, 2.24) is 10.2 Å². The van der Waals surface area contributed by atoms with Crippen LogP contribution in [0.4, 0.5) is 4.79 Å². The van der Waals surface area contributed by atoms with Crippen LogP contribution in [0.2, 0.25) is 0 Å². The van der Waals surface area contributed by atoms with Crippen LogP contribution >= 0.6 is 0 Å². The summed E-state index contributed by atoms with van der Waals surface area (Å²) in [6.45, 7) is 7.77. The largest absolute Gasteiger partial charge is 0.445 e. The highest BCUT2D eigenvalue weighted by Gasteiger charge is 2.27. The molecule has 1 aromatic carbocycles. The summed E-state index contributed by atoms with van der Waals surface area (Å²) in [7, 11) is 0. The van der Waals surface area contributed by atoms with Gasteiger partial charge in [0.1, 0.15) is 6.61 Å². The summed E-state index contributed by atoms with van der Waals surface area (Å²) in [5.41, 5.74) is 0.935. The highest BCUT2D eigenvalue weighted by atomic mass is 16.5. The highest BCUT2D eigenvalue weighted by molar-refractivity contribution is 5.77. The van der Waals surface area contributed by atoms with E-state index in [1.165, 1.54) is 0 Å². The average Bonchev–Trinajstić information content (AvgIpc) is 2.52. The van der Waals surface area contributed by atoms with Gasteiger partial charge in [0.05, 0.1) is 0 Å². The number of hydrogen-bond acceptors (Lipinski definition) is 3. The first-order chi connectivity index (χ1) is 11.3. The third kappa shape index (κ3) is 6.22. The van der Waals surface area contributed by atoms with Crippen molar-refractivity contribution in [3.8, 4) is 0 Å². The van der Waals surface area contributed by atoms with Gasteiger partial charge in [0.2, 0.25) is 5.91 Å². The van der Waals surface area contributed by atoms with Gasteiger partial charge in [-0.05, 0) is 23.8 Å². The molecule has 0 radical (unpaired) electrons. The zero-order valence-electron chi connectivity index (χ0n) is 14.9. The number of ether oxygens (including phenoxy) is 1. The lowest BCUT2D eigenvalue weighted by Crippen LogP contribution is -2.50. The quantitative estimate of drug-likeness (QED) is 0.920. The molecule has 0 unspecified atom stereocenters. The van der Waals surface area contributed by atoms with E-state index < -0.39 is 6.09 Å². The number of hydrogen-bond donors (Lipinski definition) is 1. The number of benzene rings is 1. The van der Waals surface area contributed by atoms with Crippen molar-refractivity contribution in [2.45, 2.75) is 52.7 Å². The van der Waals surface area contributed by atoms with Gasteiger partial charge in [-0.25, -0.2) is 4.79 Å². The van der Waals surface area contributed by atoms with Crippen molar-refractivity contribution in [3.05, 3.63) is 35.9 Å². The number of nitrogens with one attached hydrogen (secondary N) is 1. The molecule has 0 bridgehead atoms. The van der Waals surface area contributed by atoms with Crippen molar-refractivity contribution in [2.75, 3.05) is 13.1 Å². The number of carbonyl (C=O) groups is 2. The molecule has 1 fully saturated rings. The minimum Gasteiger partial charge on any atom is -0.445 e. The molecule has 1 atom stereocenters. The van der Waals surface area contributed by atoms with Crippen LogP contribution in [0.3, 0.4) is 0 Å². The maximum atomic E-state index is 12.3. The van der Waals surface area contributed by atoms with Crippen LogP contribution in [0, 0.1) is 5.41 Å². The molecule has 132 valence electrons. The molecule has 0 aromatic heterocycles. The van der Waals surface area contributed by atoms with Crippen LogP contribution < -0.4 is 5.32 Å². The molecular formula is C19H28N2O3. The van der Waals surface area contributed by atoms with Gasteiger partial charge in [-0.15, -0.1) is 0 Å². The lowest BCUT2D eigenvalue weighted by molar-refractivity contribution is -0.134. The average molecular weight is 332 g/mol. The summed E-state index contributed by atoms with van der Waals surface area (Å²) in [6, 6.07) is 9.55. The Labute approximate surface area is 144 Å². The molecule has 1 N–H and O–H groups in total. The summed E-state index contributed by atoms with van der Waals surface area (Å²) < 4.78 is 5.25. The fourth-order valence-electron chi connectivity index (χ4n) is 2.82. The lowest BCUT2D eigenvalue weighted by atomic mass is 9.91. The van der Waals surface area contributed by atoms with E-state index in [0.29, 0.717) is 13.0 Å². The first-order valence-corrected chi connectivity index (χ1v) is 8.58. The Balaban J connectivity index is 1.77. The Morgan fingerprint density at radius 1 is 1.25 bits per heavy atom. The molecule has 5 nitrogen and oxygen atoms in total. The Hall–Kier alpha value is -2.04. The minimum absolute atomic E-state index is 0.0218. The van der Waals surface area contributed by atoms with Crippen molar-refractivity contribution >= 4 is 12.0 Å². The predicted molar refractivity (Wildman–Crippen MR) is 93.4 cm³/mol. The number of nitrogens with zero attached hydrogens (tertiary/aromatic N) is 1. The van der Waals surface area contributed by atoms with Crippen molar-refractivity contribution in [3.63, 3.8) is 0 Å². The van der Waals surface area contributed by atoms with Crippen molar-refractivity contribution in [2.24, 2.45) is 5.41 Å². The van der Waals surface area contributed by atoms with Gasteiger partial charge in [0.25, 0.3) is 0 Å². The van der Waals surface area contributed by atoms with Crippen molar-refractivity contribution < 1.29 is 14.3 Å². The smallest absolute Gasteiger partial charge is 0.407 e. The van der Waals surface area contributed by atoms with Gasteiger partial charge in [0, 0.05) is 25.6 Å². The summed E-state index contributed by atoms with van der Waals surface area (Å²) >= 11 is 0. The molecule has 24 heavy (non-hydrogen) atoms. The third-order valence-electron chi connectivity index (χ3n) is 3.99. The third-order valence-corrected chi connectivity index (χ3v) is 3.99. The van der Waals surface area contributed by atoms with Gasteiger partial charge in [-0.1, -0.05) is 51.1 Å². The number of likely N-dealkylation sites (tertiary alicyclic amines) is 1. The number of rotatable bonds is 4. The molecule has 0 aliphatic carbocycles. The van der Waals surface area contributed by atoms with Crippen molar-refractivity contribution in [1.29, 1.82) is 0 Å². The van der Waals surface area contributed by atoms with Gasteiger partial charge < -0.3 is 15.0 Å². The zero-order valence-corrected chi connectivity index (χ0v) is 14.9. The van der Waals surface area contributed by atoms with E-state index in [4.69, 9.17) is 4.74 Å². The molecule has 2 rings (SSSR count). The summed E-state index contributed by atoms with van der Waals surface area (Å²) in [4.78, 5) is 26.1. The van der Waals surface area contributed by atoms with Crippen LogP contribution in [0.15, 0.2) is 30.3 Å². The molecule has 1 aromatic rings. The zero-order chi connectivity index (χ0) is 17.6. The number of alkyl carbamates (subject to hydrolysis) is 1. The van der Waals surface area contributed by atoms with E-state index in [0.717, 1.165) is 24.9 Å². The fraction of sp³-hybridized carbons (Fsp3) is 0.579. The molecule has 1 heterocycles. The lowest BCUT2D eigenvalue weighted by Gasteiger charge is -2.34. The molecule has 2 amide bonds. The second kappa shape index (κ2) is 8.18. The number of piperidine rings is 1. The first kappa shape index (κ1) is 18.3. The highest BCUT2D eigenvalue weighted by Crippen LogP contribution is 2.21. The van der Waals surface area contributed by atoms with E-state index in [-0.39, 0.29) is 24.0 Å².